The van der Waals surface area contributed by atoms with E-state index >= 15 is 0 Å². The molecule has 246 valence electrons. The Bertz CT molecular complexity index is 1130. The maximum Gasteiger partial charge on any atom is 0.324 e. The summed E-state index contributed by atoms with van der Waals surface area (Å²) in [7, 11) is -3.66. The first kappa shape index (κ1) is 37.2. The number of unbranched alkanes of at least 4 members (excludes halogenated alkanes) is 15. The zero-order valence-electron chi connectivity index (χ0n) is 27.6. The standard InChI is InChI=1S/C34H60N4O4S/c1-5-6-7-8-9-10-11-12-13-14-15-16-17-18-19-20-25-42-34(39)32(27-28(2)3)38-43(40,41)26-21-22-30-33-31(23-24-35-30)36-29(4)37-33/h23-24,28,32,38H,5-22,25-27H2,1-4H3,(H,36,37)/t32-/m0/s1. The Morgan fingerprint density at radius 1 is 0.884 bits per heavy atom. The number of esters is 1. The molecule has 0 amide bonds. The monoisotopic (exact) mass is 620 g/mol. The molecular formula is C34H60N4O4S. The third-order valence-corrected chi connectivity index (χ3v) is 9.45. The molecule has 0 aromatic carbocycles. The van der Waals surface area contributed by atoms with Crippen molar-refractivity contribution in [3.05, 3.63) is 23.8 Å². The average molecular weight is 621 g/mol. The van der Waals surface area contributed by atoms with Crippen LogP contribution in [0.5, 0.6) is 0 Å². The normalized spacial score (nSPS) is 12.8. The number of carbonyl (C=O) groups is 1. The number of aromatic nitrogens is 3. The van der Waals surface area contributed by atoms with Crippen LogP contribution in [-0.4, -0.2) is 47.7 Å². The minimum absolute atomic E-state index is 0.0878. The highest BCUT2D eigenvalue weighted by Gasteiger charge is 2.26. The van der Waals surface area contributed by atoms with E-state index in [2.05, 4.69) is 26.6 Å². The van der Waals surface area contributed by atoms with Gasteiger partial charge in [0, 0.05) is 6.20 Å². The highest BCUT2D eigenvalue weighted by molar-refractivity contribution is 7.89. The zero-order chi connectivity index (χ0) is 31.3. The molecule has 0 saturated carbocycles. The van der Waals surface area contributed by atoms with Crippen molar-refractivity contribution in [2.45, 2.75) is 156 Å². The van der Waals surface area contributed by atoms with Gasteiger partial charge in [0.05, 0.1) is 23.6 Å². The smallest absolute Gasteiger partial charge is 0.324 e. The summed E-state index contributed by atoms with van der Waals surface area (Å²) in [6.07, 6.45) is 23.6. The van der Waals surface area contributed by atoms with Crippen LogP contribution < -0.4 is 4.72 Å². The highest BCUT2D eigenvalue weighted by Crippen LogP contribution is 2.17. The van der Waals surface area contributed by atoms with Crippen LogP contribution in [0.2, 0.25) is 0 Å². The lowest BCUT2D eigenvalue weighted by atomic mass is 10.0. The van der Waals surface area contributed by atoms with Gasteiger partial charge in [-0.1, -0.05) is 117 Å². The number of hydrogen-bond donors (Lipinski definition) is 2. The van der Waals surface area contributed by atoms with Gasteiger partial charge >= 0.3 is 5.97 Å². The highest BCUT2D eigenvalue weighted by atomic mass is 32.2. The zero-order valence-corrected chi connectivity index (χ0v) is 28.4. The van der Waals surface area contributed by atoms with Gasteiger partial charge in [0.15, 0.2) is 0 Å². The van der Waals surface area contributed by atoms with E-state index in [4.69, 9.17) is 4.74 Å². The summed E-state index contributed by atoms with van der Waals surface area (Å²) in [5.41, 5.74) is 2.45. The number of sulfonamides is 1. The lowest BCUT2D eigenvalue weighted by Crippen LogP contribution is -2.43. The van der Waals surface area contributed by atoms with Crippen molar-refractivity contribution in [3.63, 3.8) is 0 Å². The third kappa shape index (κ3) is 16.6. The second kappa shape index (κ2) is 21.7. The molecule has 0 saturated heterocycles. The number of aromatic amines is 1. The van der Waals surface area contributed by atoms with Gasteiger partial charge in [0.25, 0.3) is 0 Å². The van der Waals surface area contributed by atoms with E-state index in [1.165, 1.54) is 83.5 Å². The molecule has 9 heteroatoms. The molecule has 2 aromatic heterocycles. The van der Waals surface area contributed by atoms with Gasteiger partial charge in [0.2, 0.25) is 10.0 Å². The third-order valence-electron chi connectivity index (χ3n) is 7.98. The summed E-state index contributed by atoms with van der Waals surface area (Å²) in [6, 6.07) is 1.00. The maximum absolute atomic E-state index is 12.9. The van der Waals surface area contributed by atoms with Crippen molar-refractivity contribution >= 4 is 27.0 Å². The fourth-order valence-electron chi connectivity index (χ4n) is 5.59. The number of H-pyrrole nitrogens is 1. The molecule has 43 heavy (non-hydrogen) atoms. The van der Waals surface area contributed by atoms with Crippen LogP contribution in [0.25, 0.3) is 11.0 Å². The summed E-state index contributed by atoms with van der Waals surface area (Å²) < 4.78 is 33.8. The molecule has 2 N–H and O–H groups in total. The number of ether oxygens (including phenoxy) is 1. The molecule has 8 nitrogen and oxygen atoms in total. The number of fused-ring (bicyclic) bond motifs is 1. The Labute approximate surface area is 262 Å². The summed E-state index contributed by atoms with van der Waals surface area (Å²) in [5.74, 6) is 0.389. The Morgan fingerprint density at radius 3 is 2.00 bits per heavy atom. The van der Waals surface area contributed by atoms with E-state index in [1.54, 1.807) is 6.20 Å². The molecule has 0 aliphatic carbocycles. The number of hydrogen-bond acceptors (Lipinski definition) is 6. The quantitative estimate of drug-likeness (QED) is 0.0807. The number of carbonyl (C=O) groups excluding carboxylic acids is 1. The van der Waals surface area contributed by atoms with Crippen molar-refractivity contribution in [2.24, 2.45) is 5.92 Å². The predicted molar refractivity (Wildman–Crippen MR) is 178 cm³/mol. The van der Waals surface area contributed by atoms with Crippen molar-refractivity contribution in [2.75, 3.05) is 12.4 Å². The second-order valence-electron chi connectivity index (χ2n) is 12.7. The Hall–Kier alpha value is -2.00. The van der Waals surface area contributed by atoms with Gasteiger partial charge < -0.3 is 9.72 Å². The Morgan fingerprint density at radius 2 is 1.44 bits per heavy atom. The fourth-order valence-corrected chi connectivity index (χ4v) is 6.86. The lowest BCUT2D eigenvalue weighted by molar-refractivity contribution is -0.146. The first-order chi connectivity index (χ1) is 20.7. The van der Waals surface area contributed by atoms with Gasteiger partial charge in [-0.05, 0) is 44.6 Å². The predicted octanol–water partition coefficient (Wildman–Crippen LogP) is 8.34. The number of aryl methyl sites for hydroxylation is 2. The van der Waals surface area contributed by atoms with E-state index in [-0.39, 0.29) is 11.7 Å². The van der Waals surface area contributed by atoms with E-state index in [0.29, 0.717) is 25.9 Å². The molecule has 1 atom stereocenters. The number of pyridine rings is 1. The molecule has 2 rings (SSSR count). The van der Waals surface area contributed by atoms with Crippen molar-refractivity contribution < 1.29 is 17.9 Å². The number of nitrogens with one attached hydrogen (secondary N) is 2. The lowest BCUT2D eigenvalue weighted by Gasteiger charge is -2.19. The van der Waals surface area contributed by atoms with E-state index in [9.17, 15) is 13.2 Å². The molecule has 0 radical (unpaired) electrons. The summed E-state index contributed by atoms with van der Waals surface area (Å²) in [5, 5.41) is 0. The van der Waals surface area contributed by atoms with Gasteiger partial charge in [-0.15, -0.1) is 0 Å². The number of nitrogens with zero attached hydrogens (tertiary/aromatic N) is 2. The molecule has 0 bridgehead atoms. The Kier molecular flexibility index (Phi) is 18.7. The second-order valence-corrected chi connectivity index (χ2v) is 14.5. The molecule has 2 heterocycles. The topological polar surface area (TPSA) is 114 Å². The first-order valence-corrected chi connectivity index (χ1v) is 18.8. The largest absolute Gasteiger partial charge is 0.465 e. The average Bonchev–Trinajstić information content (AvgIpc) is 3.34. The van der Waals surface area contributed by atoms with Gasteiger partial charge in [-0.3, -0.25) is 9.78 Å². The van der Waals surface area contributed by atoms with Crippen LogP contribution in [0, 0.1) is 12.8 Å². The van der Waals surface area contributed by atoms with E-state index in [1.807, 2.05) is 26.8 Å². The van der Waals surface area contributed by atoms with Crippen LogP contribution in [0.4, 0.5) is 0 Å². The SMILES string of the molecule is CCCCCCCCCCCCCCCCCCOC(=O)[C@H](CC(C)C)NS(=O)(=O)CCCc1nccc2[nH]c(C)nc12. The summed E-state index contributed by atoms with van der Waals surface area (Å²) in [6.45, 7) is 8.44. The molecule has 0 fully saturated rings. The molecule has 0 aliphatic heterocycles. The fraction of sp³-hybridized carbons (Fsp3) is 0.794. The number of imidazole rings is 1. The van der Waals surface area contributed by atoms with Gasteiger partial charge in [-0.25, -0.2) is 18.1 Å². The Balaban J connectivity index is 1.56. The minimum Gasteiger partial charge on any atom is -0.465 e. The molecule has 0 unspecified atom stereocenters. The van der Waals surface area contributed by atoms with Gasteiger partial charge in [0.1, 0.15) is 17.4 Å². The van der Waals surface area contributed by atoms with Crippen molar-refractivity contribution in [3.8, 4) is 0 Å². The molecule has 2 aromatic rings. The van der Waals surface area contributed by atoms with Crippen LogP contribution in [0.15, 0.2) is 12.3 Å². The first-order valence-electron chi connectivity index (χ1n) is 17.2. The van der Waals surface area contributed by atoms with Crippen LogP contribution in [0.3, 0.4) is 0 Å². The van der Waals surface area contributed by atoms with Gasteiger partial charge in [-0.2, -0.15) is 0 Å². The van der Waals surface area contributed by atoms with Crippen LogP contribution in [-0.2, 0) is 26.0 Å². The number of rotatable bonds is 26. The van der Waals surface area contributed by atoms with Crippen LogP contribution in [0.1, 0.15) is 148 Å². The summed E-state index contributed by atoms with van der Waals surface area (Å²) >= 11 is 0. The van der Waals surface area contributed by atoms with Crippen LogP contribution >= 0.6 is 0 Å². The minimum atomic E-state index is -3.66. The molecule has 0 spiro atoms. The van der Waals surface area contributed by atoms with E-state index in [0.717, 1.165) is 41.8 Å². The maximum atomic E-state index is 12.9. The van der Waals surface area contributed by atoms with Crippen molar-refractivity contribution in [1.29, 1.82) is 0 Å². The van der Waals surface area contributed by atoms with Crippen molar-refractivity contribution in [1.82, 2.24) is 19.7 Å². The van der Waals surface area contributed by atoms with E-state index < -0.39 is 22.0 Å². The molecule has 0 aliphatic rings. The molecular weight excluding hydrogens is 560 g/mol. The summed E-state index contributed by atoms with van der Waals surface area (Å²) in [4.78, 5) is 24.8.